The van der Waals surface area contributed by atoms with E-state index in [4.69, 9.17) is 4.74 Å². The van der Waals surface area contributed by atoms with Gasteiger partial charge in [0.2, 0.25) is 0 Å². The smallest absolute Gasteiger partial charge is 0.327 e. The molecule has 1 saturated heterocycles. The monoisotopic (exact) mass is 506 g/mol. The minimum atomic E-state index is -0.404. The Bertz CT molecular complexity index is 1550. The van der Waals surface area contributed by atoms with Crippen LogP contribution in [0.5, 0.6) is 0 Å². The molecule has 0 spiro atoms. The fraction of sp³-hybridized carbons (Fsp3) is 0.308. The van der Waals surface area contributed by atoms with E-state index < -0.39 is 11.8 Å². The number of methoxy groups -OCH3 is 1. The number of carbonyl (C=O) groups excluding carboxylic acids is 1. The third-order valence-electron chi connectivity index (χ3n) is 6.63. The van der Waals surface area contributed by atoms with Gasteiger partial charge in [0.25, 0.3) is 5.56 Å². The van der Waals surface area contributed by atoms with Crippen molar-refractivity contribution in [1.82, 2.24) is 24.0 Å². The van der Waals surface area contributed by atoms with Crippen LogP contribution >= 0.6 is 0 Å². The molecule has 5 rings (SSSR count). The molecule has 10 nitrogen and oxygen atoms in total. The number of ether oxygens (including phenoxy) is 1. The number of hydrogen-bond acceptors (Lipinski definition) is 5. The third-order valence-corrected chi connectivity index (χ3v) is 6.63. The molecule has 3 aromatic heterocycles. The molecule has 192 valence electrons. The number of carbonyl (C=O) groups is 1. The summed E-state index contributed by atoms with van der Waals surface area (Å²) in [5.74, 6) is -0.398. The number of benzene rings is 1. The highest BCUT2D eigenvalue weighted by molar-refractivity contribution is 5.90. The van der Waals surface area contributed by atoms with Crippen molar-refractivity contribution in [2.24, 2.45) is 0 Å². The second-order valence-electron chi connectivity index (χ2n) is 8.96. The molecule has 0 saturated carbocycles. The van der Waals surface area contributed by atoms with Gasteiger partial charge in [-0.2, -0.15) is 0 Å². The number of nitrogens with zero attached hydrogens (tertiary/aromatic N) is 4. The number of anilines is 1. The van der Waals surface area contributed by atoms with Gasteiger partial charge < -0.3 is 19.5 Å². The van der Waals surface area contributed by atoms with Gasteiger partial charge in [-0.05, 0) is 48.7 Å². The van der Waals surface area contributed by atoms with E-state index in [2.05, 4.69) is 15.3 Å². The molecule has 4 heterocycles. The number of likely N-dealkylation sites (tertiary alicyclic amines) is 1. The number of pyridine rings is 2. The van der Waals surface area contributed by atoms with E-state index in [1.54, 1.807) is 46.1 Å². The Labute approximate surface area is 211 Å². The number of H-pyrrole nitrogens is 1. The van der Waals surface area contributed by atoms with E-state index >= 15 is 0 Å². The summed E-state index contributed by atoms with van der Waals surface area (Å²) in [4.78, 5) is 47.3. The number of hydrogen-bond donors (Lipinski definition) is 2. The Balaban J connectivity index is 1.34. The van der Waals surface area contributed by atoms with E-state index in [-0.39, 0.29) is 29.5 Å². The van der Waals surface area contributed by atoms with Crippen LogP contribution < -0.4 is 16.6 Å². The minimum Gasteiger partial charge on any atom is -0.383 e. The Morgan fingerprint density at radius 3 is 2.73 bits per heavy atom. The van der Waals surface area contributed by atoms with E-state index in [0.717, 1.165) is 5.52 Å². The third kappa shape index (κ3) is 5.03. The summed E-state index contributed by atoms with van der Waals surface area (Å²) in [6.45, 7) is 1.41. The Morgan fingerprint density at radius 1 is 1.16 bits per heavy atom. The van der Waals surface area contributed by atoms with E-state index in [1.807, 2.05) is 6.07 Å². The van der Waals surface area contributed by atoms with Gasteiger partial charge in [0, 0.05) is 50.7 Å². The number of amides is 2. The average Bonchev–Trinajstić information content (AvgIpc) is 3.24. The predicted molar refractivity (Wildman–Crippen MR) is 137 cm³/mol. The number of rotatable bonds is 6. The summed E-state index contributed by atoms with van der Waals surface area (Å²) < 4.78 is 22.1. The number of halogens is 1. The number of nitrogens with one attached hydrogen (secondary N) is 2. The van der Waals surface area contributed by atoms with Gasteiger partial charge in [-0.25, -0.2) is 19.0 Å². The first-order valence-electron chi connectivity index (χ1n) is 12.0. The summed E-state index contributed by atoms with van der Waals surface area (Å²) in [6.07, 6.45) is 4.42. The van der Waals surface area contributed by atoms with E-state index in [9.17, 15) is 18.8 Å². The van der Waals surface area contributed by atoms with Gasteiger partial charge in [0.1, 0.15) is 11.5 Å². The Hall–Kier alpha value is -4.25. The van der Waals surface area contributed by atoms with Crippen molar-refractivity contribution in [2.45, 2.75) is 25.4 Å². The normalized spacial score (nSPS) is 14.3. The molecule has 1 aliphatic rings. The lowest BCUT2D eigenvalue weighted by atomic mass is 10.0. The van der Waals surface area contributed by atoms with Gasteiger partial charge in [0.05, 0.1) is 12.1 Å². The molecular formula is C26H27FN6O4. The summed E-state index contributed by atoms with van der Waals surface area (Å²) in [7, 11) is 1.54. The highest BCUT2D eigenvalue weighted by atomic mass is 19.1. The Morgan fingerprint density at radius 2 is 1.97 bits per heavy atom. The largest absolute Gasteiger partial charge is 0.383 e. The zero-order valence-corrected chi connectivity index (χ0v) is 20.3. The molecule has 37 heavy (non-hydrogen) atoms. The molecule has 4 aromatic rings. The molecule has 0 radical (unpaired) electrons. The zero-order valence-electron chi connectivity index (χ0n) is 20.3. The molecule has 0 unspecified atom stereocenters. The molecule has 0 atom stereocenters. The van der Waals surface area contributed by atoms with Gasteiger partial charge >= 0.3 is 11.7 Å². The lowest BCUT2D eigenvalue weighted by Crippen LogP contribution is -2.43. The molecule has 0 bridgehead atoms. The van der Waals surface area contributed by atoms with Crippen LogP contribution in [0.2, 0.25) is 0 Å². The second-order valence-corrected chi connectivity index (χ2v) is 8.96. The zero-order chi connectivity index (χ0) is 25.9. The SMILES string of the molecule is COCCn1cc(-c2cccc(F)c2)cc(NC(=O)N2CCC(n3c(=O)[nH]c4ncccc43)CC2)c1=O. The van der Waals surface area contributed by atoms with Gasteiger partial charge in [-0.15, -0.1) is 0 Å². The molecule has 1 aliphatic heterocycles. The van der Waals surface area contributed by atoms with Crippen molar-refractivity contribution in [2.75, 3.05) is 32.1 Å². The quantitative estimate of drug-likeness (QED) is 0.417. The lowest BCUT2D eigenvalue weighted by molar-refractivity contribution is 0.183. The van der Waals surface area contributed by atoms with Crippen LogP contribution in [0.4, 0.5) is 14.9 Å². The van der Waals surface area contributed by atoms with Gasteiger partial charge in [-0.1, -0.05) is 12.1 Å². The van der Waals surface area contributed by atoms with Crippen molar-refractivity contribution >= 4 is 22.9 Å². The topological polar surface area (TPSA) is 114 Å². The highest BCUT2D eigenvalue weighted by Crippen LogP contribution is 2.25. The minimum absolute atomic E-state index is 0.0722. The van der Waals surface area contributed by atoms with Crippen molar-refractivity contribution in [3.8, 4) is 11.1 Å². The second kappa shape index (κ2) is 10.4. The van der Waals surface area contributed by atoms with E-state index in [0.29, 0.717) is 49.3 Å². The number of aromatic amines is 1. The number of aromatic nitrogens is 4. The van der Waals surface area contributed by atoms with E-state index in [1.165, 1.54) is 23.8 Å². The number of fused-ring (bicyclic) bond motifs is 1. The van der Waals surface area contributed by atoms with Crippen LogP contribution in [0, 0.1) is 5.82 Å². The van der Waals surface area contributed by atoms with Crippen LogP contribution in [0.1, 0.15) is 18.9 Å². The van der Waals surface area contributed by atoms with Crippen LogP contribution in [-0.4, -0.2) is 56.8 Å². The fourth-order valence-corrected chi connectivity index (χ4v) is 4.75. The van der Waals surface area contributed by atoms with Crippen molar-refractivity contribution in [1.29, 1.82) is 0 Å². The van der Waals surface area contributed by atoms with Crippen LogP contribution in [0.15, 0.2) is 64.4 Å². The molecule has 0 aliphatic carbocycles. The number of piperidine rings is 1. The van der Waals surface area contributed by atoms with Gasteiger partial charge in [0.15, 0.2) is 5.65 Å². The molecular weight excluding hydrogens is 479 g/mol. The van der Waals surface area contributed by atoms with Crippen LogP contribution in [0.25, 0.3) is 22.3 Å². The number of urea groups is 1. The maximum absolute atomic E-state index is 13.8. The van der Waals surface area contributed by atoms with Crippen LogP contribution in [0.3, 0.4) is 0 Å². The molecule has 1 fully saturated rings. The Kier molecular flexibility index (Phi) is 6.87. The molecule has 2 N–H and O–H groups in total. The summed E-state index contributed by atoms with van der Waals surface area (Å²) in [5.41, 5.74) is 1.96. The first-order valence-corrected chi connectivity index (χ1v) is 12.0. The number of imidazole rings is 1. The molecule has 11 heteroatoms. The molecule has 2 amide bonds. The lowest BCUT2D eigenvalue weighted by Gasteiger charge is -2.32. The van der Waals surface area contributed by atoms with Crippen LogP contribution in [-0.2, 0) is 11.3 Å². The van der Waals surface area contributed by atoms with Crippen molar-refractivity contribution in [3.63, 3.8) is 0 Å². The maximum atomic E-state index is 13.8. The predicted octanol–water partition coefficient (Wildman–Crippen LogP) is 3.21. The summed E-state index contributed by atoms with van der Waals surface area (Å²) >= 11 is 0. The van der Waals surface area contributed by atoms with Crippen molar-refractivity contribution in [3.05, 3.63) is 81.5 Å². The first-order chi connectivity index (χ1) is 17.9. The first kappa shape index (κ1) is 24.4. The molecule has 1 aromatic carbocycles. The fourth-order valence-electron chi connectivity index (χ4n) is 4.75. The maximum Gasteiger partial charge on any atom is 0.327 e. The van der Waals surface area contributed by atoms with Gasteiger partial charge in [-0.3, -0.25) is 14.3 Å². The standard InChI is InChI=1S/C26H27FN6O4/c1-37-13-12-32-16-18(17-4-2-5-19(27)14-17)15-21(24(32)34)29-25(35)31-10-7-20(8-11-31)33-22-6-3-9-28-23(22)30-26(33)36/h2-6,9,14-16,20H,7-8,10-13H2,1H3,(H,29,35)(H,28,30,36). The average molecular weight is 507 g/mol. The highest BCUT2D eigenvalue weighted by Gasteiger charge is 2.27. The summed E-state index contributed by atoms with van der Waals surface area (Å²) in [6, 6.07) is 10.8. The van der Waals surface area contributed by atoms with Crippen molar-refractivity contribution < 1.29 is 13.9 Å². The summed E-state index contributed by atoms with van der Waals surface area (Å²) in [5, 5.41) is 2.75.